The summed E-state index contributed by atoms with van der Waals surface area (Å²) in [7, 11) is 0. The first-order valence-electron chi connectivity index (χ1n) is 4.95. The summed E-state index contributed by atoms with van der Waals surface area (Å²) in [6.07, 6.45) is 2.87. The number of hydrogen-bond donors (Lipinski definition) is 1. The summed E-state index contributed by atoms with van der Waals surface area (Å²) < 4.78 is 5.16. The number of carbonyl (C=O) groups is 1. The molecule has 0 amide bonds. The van der Waals surface area contributed by atoms with Crippen LogP contribution in [-0.2, 0) is 9.53 Å². The van der Waals surface area contributed by atoms with Crippen molar-refractivity contribution in [3.05, 3.63) is 0 Å². The lowest BCUT2D eigenvalue weighted by atomic mass is 9.75. The van der Waals surface area contributed by atoms with Crippen LogP contribution in [0.25, 0.3) is 0 Å². The minimum absolute atomic E-state index is 0.0243. The van der Waals surface area contributed by atoms with Gasteiger partial charge in [-0.3, -0.25) is 0 Å². The highest BCUT2D eigenvalue weighted by atomic mass is 16.6. The second kappa shape index (κ2) is 2.71. The topological polar surface area (TPSA) is 46.5 Å². The number of esters is 1. The van der Waals surface area contributed by atoms with Crippen LogP contribution in [0, 0.1) is 11.8 Å². The number of fused-ring (bicyclic) bond motifs is 1. The van der Waals surface area contributed by atoms with Crippen LogP contribution in [0.2, 0.25) is 0 Å². The second-order valence-electron chi connectivity index (χ2n) is 4.62. The summed E-state index contributed by atoms with van der Waals surface area (Å²) in [5, 5.41) is 9.87. The molecule has 0 aromatic heterocycles. The molecular weight excluding hydrogens is 168 g/mol. The van der Waals surface area contributed by atoms with E-state index in [0.717, 1.165) is 19.3 Å². The Labute approximate surface area is 78.1 Å². The molecule has 1 aliphatic carbocycles. The molecule has 1 saturated heterocycles. The van der Waals surface area contributed by atoms with Crippen LogP contribution in [0.15, 0.2) is 0 Å². The van der Waals surface area contributed by atoms with Gasteiger partial charge in [-0.2, -0.15) is 0 Å². The zero-order valence-electron chi connectivity index (χ0n) is 8.12. The van der Waals surface area contributed by atoms with Gasteiger partial charge in [-0.25, -0.2) is 4.79 Å². The van der Waals surface area contributed by atoms with E-state index in [1.165, 1.54) is 0 Å². The molecule has 2 unspecified atom stereocenters. The van der Waals surface area contributed by atoms with Crippen molar-refractivity contribution in [3.8, 4) is 0 Å². The van der Waals surface area contributed by atoms with E-state index in [2.05, 4.69) is 6.92 Å². The number of carbonyl (C=O) groups excluding carboxylic acids is 1. The number of aliphatic hydroxyl groups is 1. The Morgan fingerprint density at radius 2 is 2.23 bits per heavy atom. The molecular formula is C10H16O3. The van der Waals surface area contributed by atoms with Gasteiger partial charge in [0.05, 0.1) is 0 Å². The van der Waals surface area contributed by atoms with Crippen LogP contribution in [0.3, 0.4) is 0 Å². The first-order chi connectivity index (χ1) is 6.01. The Morgan fingerprint density at radius 3 is 2.92 bits per heavy atom. The predicted octanol–water partition coefficient (Wildman–Crippen LogP) is 1.10. The highest BCUT2D eigenvalue weighted by molar-refractivity contribution is 5.81. The Morgan fingerprint density at radius 1 is 1.54 bits per heavy atom. The molecule has 0 aromatic carbocycles. The number of ether oxygens (including phenoxy) is 1. The lowest BCUT2D eigenvalue weighted by Crippen LogP contribution is -2.40. The van der Waals surface area contributed by atoms with Gasteiger partial charge in [-0.15, -0.1) is 0 Å². The molecule has 4 atom stereocenters. The van der Waals surface area contributed by atoms with Gasteiger partial charge in [0.15, 0.2) is 5.60 Å². The maximum Gasteiger partial charge on any atom is 0.338 e. The highest BCUT2D eigenvalue weighted by Gasteiger charge is 2.54. The van der Waals surface area contributed by atoms with E-state index < -0.39 is 11.6 Å². The minimum Gasteiger partial charge on any atom is -0.460 e. The van der Waals surface area contributed by atoms with Gasteiger partial charge in [-0.1, -0.05) is 13.3 Å². The molecule has 1 heterocycles. The predicted molar refractivity (Wildman–Crippen MR) is 47.0 cm³/mol. The maximum absolute atomic E-state index is 11.3. The fourth-order valence-corrected chi connectivity index (χ4v) is 2.51. The van der Waals surface area contributed by atoms with Gasteiger partial charge in [0.2, 0.25) is 0 Å². The standard InChI is InChI=1S/C10H16O3/c1-6-3-4-7-8(5-6)13-9(11)10(7,2)12/h6-8,12H,3-5H2,1-2H3/t6-,7?,8-,10?/m1/s1. The lowest BCUT2D eigenvalue weighted by molar-refractivity contribution is -0.154. The fraction of sp³-hybridized carbons (Fsp3) is 0.900. The molecule has 1 saturated carbocycles. The third kappa shape index (κ3) is 1.26. The summed E-state index contributed by atoms with van der Waals surface area (Å²) in [6, 6.07) is 0. The third-order valence-electron chi connectivity index (χ3n) is 3.45. The zero-order chi connectivity index (χ0) is 9.64. The number of hydrogen-bond acceptors (Lipinski definition) is 3. The van der Waals surface area contributed by atoms with E-state index in [-0.39, 0.29) is 12.0 Å². The third-order valence-corrected chi connectivity index (χ3v) is 3.45. The molecule has 0 spiro atoms. The highest BCUT2D eigenvalue weighted by Crippen LogP contribution is 2.42. The van der Waals surface area contributed by atoms with Crippen molar-refractivity contribution in [2.45, 2.75) is 44.8 Å². The smallest absolute Gasteiger partial charge is 0.338 e. The molecule has 1 aliphatic heterocycles. The molecule has 13 heavy (non-hydrogen) atoms. The molecule has 3 heteroatoms. The Bertz CT molecular complexity index is 234. The fourth-order valence-electron chi connectivity index (χ4n) is 2.51. The van der Waals surface area contributed by atoms with Crippen molar-refractivity contribution in [1.82, 2.24) is 0 Å². The van der Waals surface area contributed by atoms with E-state index >= 15 is 0 Å². The first kappa shape index (κ1) is 9.00. The molecule has 0 aromatic rings. The normalized spacial score (nSPS) is 50.1. The molecule has 2 fully saturated rings. The summed E-state index contributed by atoms with van der Waals surface area (Å²) in [6.45, 7) is 3.74. The van der Waals surface area contributed by atoms with E-state index in [0.29, 0.717) is 5.92 Å². The summed E-state index contributed by atoms with van der Waals surface area (Å²) in [5.74, 6) is 0.204. The van der Waals surface area contributed by atoms with Gasteiger partial charge in [-0.05, 0) is 25.7 Å². The molecule has 1 N–H and O–H groups in total. The van der Waals surface area contributed by atoms with Crippen molar-refractivity contribution in [2.24, 2.45) is 11.8 Å². The van der Waals surface area contributed by atoms with Crippen LogP contribution in [-0.4, -0.2) is 22.8 Å². The minimum atomic E-state index is -1.23. The van der Waals surface area contributed by atoms with Crippen molar-refractivity contribution in [1.29, 1.82) is 0 Å². The first-order valence-corrected chi connectivity index (χ1v) is 4.95. The number of rotatable bonds is 0. The monoisotopic (exact) mass is 184 g/mol. The molecule has 74 valence electrons. The molecule has 0 bridgehead atoms. The summed E-state index contributed by atoms with van der Waals surface area (Å²) in [5.41, 5.74) is -1.23. The zero-order valence-corrected chi connectivity index (χ0v) is 8.12. The van der Waals surface area contributed by atoms with E-state index in [4.69, 9.17) is 4.74 Å². The average Bonchev–Trinajstić information content (AvgIpc) is 2.23. The average molecular weight is 184 g/mol. The Hall–Kier alpha value is -0.570. The maximum atomic E-state index is 11.3. The SMILES string of the molecule is C[C@@H]1CCC2[C@@H](C1)OC(=O)C2(C)O. The van der Waals surface area contributed by atoms with E-state index in [1.54, 1.807) is 6.92 Å². The van der Waals surface area contributed by atoms with Gasteiger partial charge in [0.1, 0.15) is 6.10 Å². The van der Waals surface area contributed by atoms with Gasteiger partial charge in [0.25, 0.3) is 0 Å². The van der Waals surface area contributed by atoms with Crippen molar-refractivity contribution >= 4 is 5.97 Å². The van der Waals surface area contributed by atoms with Crippen molar-refractivity contribution in [2.75, 3.05) is 0 Å². The Balaban J connectivity index is 2.18. The molecule has 0 radical (unpaired) electrons. The molecule has 2 rings (SSSR count). The summed E-state index contributed by atoms with van der Waals surface area (Å²) in [4.78, 5) is 11.3. The van der Waals surface area contributed by atoms with E-state index in [9.17, 15) is 9.90 Å². The van der Waals surface area contributed by atoms with E-state index in [1.807, 2.05) is 0 Å². The van der Waals surface area contributed by atoms with Crippen molar-refractivity contribution in [3.63, 3.8) is 0 Å². The quantitative estimate of drug-likeness (QED) is 0.573. The molecule has 3 nitrogen and oxygen atoms in total. The van der Waals surface area contributed by atoms with Crippen LogP contribution < -0.4 is 0 Å². The summed E-state index contributed by atoms with van der Waals surface area (Å²) >= 11 is 0. The second-order valence-corrected chi connectivity index (χ2v) is 4.62. The van der Waals surface area contributed by atoms with Gasteiger partial charge < -0.3 is 9.84 Å². The Kier molecular flexibility index (Phi) is 1.88. The van der Waals surface area contributed by atoms with Crippen molar-refractivity contribution < 1.29 is 14.6 Å². The van der Waals surface area contributed by atoms with Gasteiger partial charge >= 0.3 is 5.97 Å². The largest absolute Gasteiger partial charge is 0.460 e. The van der Waals surface area contributed by atoms with Crippen LogP contribution in [0.4, 0.5) is 0 Å². The van der Waals surface area contributed by atoms with Crippen LogP contribution in [0.5, 0.6) is 0 Å². The lowest BCUT2D eigenvalue weighted by Gasteiger charge is -2.31. The van der Waals surface area contributed by atoms with Crippen LogP contribution in [0.1, 0.15) is 33.1 Å². The molecule has 2 aliphatic rings. The van der Waals surface area contributed by atoms with Gasteiger partial charge in [0, 0.05) is 5.92 Å². The van der Waals surface area contributed by atoms with Crippen LogP contribution >= 0.6 is 0 Å².